The first kappa shape index (κ1) is 15.4. The van der Waals surface area contributed by atoms with Gasteiger partial charge in [0, 0.05) is 10.4 Å². The lowest BCUT2D eigenvalue weighted by Crippen LogP contribution is -2.32. The SMILES string of the molecule is CC(C)(COCc1ccc(Cl)cc1)CS(N)(=O)=O. The van der Waals surface area contributed by atoms with E-state index in [0.717, 1.165) is 5.56 Å². The van der Waals surface area contributed by atoms with Crippen LogP contribution in [0.2, 0.25) is 5.02 Å². The van der Waals surface area contributed by atoms with Gasteiger partial charge in [-0.05, 0) is 17.7 Å². The van der Waals surface area contributed by atoms with E-state index in [9.17, 15) is 8.42 Å². The van der Waals surface area contributed by atoms with Crippen LogP contribution in [-0.4, -0.2) is 20.8 Å². The van der Waals surface area contributed by atoms with Gasteiger partial charge in [-0.3, -0.25) is 0 Å². The fraction of sp³-hybridized carbons (Fsp3) is 0.500. The highest BCUT2D eigenvalue weighted by Crippen LogP contribution is 2.18. The quantitative estimate of drug-likeness (QED) is 0.873. The molecule has 0 unspecified atom stereocenters. The molecular formula is C12H18ClNO3S. The van der Waals surface area contributed by atoms with Crippen molar-refractivity contribution in [3.63, 3.8) is 0 Å². The molecule has 0 aliphatic rings. The third-order valence-corrected chi connectivity index (χ3v) is 3.70. The van der Waals surface area contributed by atoms with Crippen LogP contribution in [0, 0.1) is 5.41 Å². The lowest BCUT2D eigenvalue weighted by molar-refractivity contribution is 0.0612. The largest absolute Gasteiger partial charge is 0.376 e. The summed E-state index contributed by atoms with van der Waals surface area (Å²) in [7, 11) is -3.48. The number of ether oxygens (including phenoxy) is 1. The molecule has 0 saturated heterocycles. The minimum Gasteiger partial charge on any atom is -0.376 e. The predicted molar refractivity (Wildman–Crippen MR) is 72.9 cm³/mol. The van der Waals surface area contributed by atoms with Crippen LogP contribution < -0.4 is 5.14 Å². The van der Waals surface area contributed by atoms with Crippen molar-refractivity contribution in [3.8, 4) is 0 Å². The topological polar surface area (TPSA) is 69.4 Å². The zero-order valence-electron chi connectivity index (χ0n) is 10.5. The van der Waals surface area contributed by atoms with Crippen molar-refractivity contribution in [2.75, 3.05) is 12.4 Å². The molecule has 0 spiro atoms. The van der Waals surface area contributed by atoms with Crippen molar-refractivity contribution in [2.24, 2.45) is 10.6 Å². The standard InChI is InChI=1S/C12H18ClNO3S/c1-12(2,9-18(14,15)16)8-17-7-10-3-5-11(13)6-4-10/h3-6H,7-9H2,1-2H3,(H2,14,15,16). The second kappa shape index (κ2) is 6.02. The average molecular weight is 292 g/mol. The Morgan fingerprint density at radius 2 is 1.83 bits per heavy atom. The Labute approximate surface area is 113 Å². The molecule has 102 valence electrons. The second-order valence-corrected chi connectivity index (χ2v) is 7.14. The van der Waals surface area contributed by atoms with Gasteiger partial charge in [-0.2, -0.15) is 0 Å². The summed E-state index contributed by atoms with van der Waals surface area (Å²) in [5, 5.41) is 5.70. The van der Waals surface area contributed by atoms with E-state index in [1.165, 1.54) is 0 Å². The number of primary sulfonamides is 1. The van der Waals surface area contributed by atoms with Gasteiger partial charge in [0.25, 0.3) is 0 Å². The van der Waals surface area contributed by atoms with Gasteiger partial charge in [-0.1, -0.05) is 37.6 Å². The molecule has 0 saturated carbocycles. The molecule has 18 heavy (non-hydrogen) atoms. The van der Waals surface area contributed by atoms with E-state index in [1.54, 1.807) is 26.0 Å². The highest BCUT2D eigenvalue weighted by Gasteiger charge is 2.24. The zero-order chi connectivity index (χ0) is 13.8. The van der Waals surface area contributed by atoms with Gasteiger partial charge in [-0.25, -0.2) is 13.6 Å². The number of hydrogen-bond acceptors (Lipinski definition) is 3. The van der Waals surface area contributed by atoms with Gasteiger partial charge < -0.3 is 4.74 Å². The summed E-state index contributed by atoms with van der Waals surface area (Å²) in [5.74, 6) is -0.0966. The first-order valence-corrected chi connectivity index (χ1v) is 7.60. The monoisotopic (exact) mass is 291 g/mol. The number of sulfonamides is 1. The van der Waals surface area contributed by atoms with E-state index in [4.69, 9.17) is 21.5 Å². The Hall–Kier alpha value is -0.620. The molecule has 0 radical (unpaired) electrons. The summed E-state index contributed by atoms with van der Waals surface area (Å²) in [5.41, 5.74) is 0.491. The van der Waals surface area contributed by atoms with Gasteiger partial charge in [0.1, 0.15) is 0 Å². The van der Waals surface area contributed by atoms with Crippen molar-refractivity contribution in [3.05, 3.63) is 34.9 Å². The summed E-state index contributed by atoms with van der Waals surface area (Å²) in [4.78, 5) is 0. The third kappa shape index (κ3) is 6.35. The van der Waals surface area contributed by atoms with E-state index in [1.807, 2.05) is 12.1 Å². The van der Waals surface area contributed by atoms with Crippen LogP contribution in [0.5, 0.6) is 0 Å². The van der Waals surface area contributed by atoms with Crippen LogP contribution in [0.25, 0.3) is 0 Å². The van der Waals surface area contributed by atoms with Gasteiger partial charge in [0.05, 0.1) is 19.0 Å². The van der Waals surface area contributed by atoms with Gasteiger partial charge in [-0.15, -0.1) is 0 Å². The summed E-state index contributed by atoms with van der Waals surface area (Å²) >= 11 is 5.77. The van der Waals surface area contributed by atoms with Gasteiger partial charge in [0.15, 0.2) is 0 Å². The minimum absolute atomic E-state index is 0.0966. The first-order chi connectivity index (χ1) is 8.18. The lowest BCUT2D eigenvalue weighted by Gasteiger charge is -2.22. The Balaban J connectivity index is 2.43. The fourth-order valence-electron chi connectivity index (χ4n) is 1.61. The molecule has 0 amide bonds. The zero-order valence-corrected chi connectivity index (χ0v) is 12.1. The molecule has 1 aromatic rings. The van der Waals surface area contributed by atoms with E-state index in [0.29, 0.717) is 18.2 Å². The highest BCUT2D eigenvalue weighted by molar-refractivity contribution is 7.89. The van der Waals surface area contributed by atoms with Crippen LogP contribution in [-0.2, 0) is 21.4 Å². The van der Waals surface area contributed by atoms with Crippen molar-refractivity contribution in [1.82, 2.24) is 0 Å². The Bertz CT molecular complexity index is 483. The minimum atomic E-state index is -3.48. The molecule has 0 atom stereocenters. The molecule has 0 heterocycles. The molecule has 2 N–H and O–H groups in total. The van der Waals surface area contributed by atoms with Crippen LogP contribution in [0.4, 0.5) is 0 Å². The van der Waals surface area contributed by atoms with E-state index in [2.05, 4.69) is 0 Å². The van der Waals surface area contributed by atoms with E-state index < -0.39 is 15.4 Å². The van der Waals surface area contributed by atoms with Crippen molar-refractivity contribution in [1.29, 1.82) is 0 Å². The molecule has 0 aliphatic heterocycles. The number of benzene rings is 1. The maximum atomic E-state index is 11.0. The number of halogens is 1. The molecule has 0 fully saturated rings. The summed E-state index contributed by atoms with van der Waals surface area (Å²) in [6.07, 6.45) is 0. The molecule has 1 rings (SSSR count). The first-order valence-electron chi connectivity index (χ1n) is 5.51. The summed E-state index contributed by atoms with van der Waals surface area (Å²) in [6, 6.07) is 7.31. The highest BCUT2D eigenvalue weighted by atomic mass is 35.5. The van der Waals surface area contributed by atoms with Crippen molar-refractivity contribution in [2.45, 2.75) is 20.5 Å². The van der Waals surface area contributed by atoms with Gasteiger partial charge in [0.2, 0.25) is 10.0 Å². The predicted octanol–water partition coefficient (Wildman–Crippen LogP) is 2.17. The number of nitrogens with two attached hydrogens (primary N) is 1. The molecule has 0 aliphatic carbocycles. The molecule has 1 aromatic carbocycles. The van der Waals surface area contributed by atoms with E-state index in [-0.39, 0.29) is 5.75 Å². The van der Waals surface area contributed by atoms with E-state index >= 15 is 0 Å². The Kier molecular flexibility index (Phi) is 5.16. The van der Waals surface area contributed by atoms with Crippen LogP contribution in [0.3, 0.4) is 0 Å². The molecule has 4 nitrogen and oxygen atoms in total. The van der Waals surface area contributed by atoms with Crippen molar-refractivity contribution < 1.29 is 13.2 Å². The fourth-order valence-corrected chi connectivity index (χ4v) is 2.91. The smallest absolute Gasteiger partial charge is 0.209 e. The maximum Gasteiger partial charge on any atom is 0.209 e. The van der Waals surface area contributed by atoms with Crippen molar-refractivity contribution >= 4 is 21.6 Å². The molecule has 0 bridgehead atoms. The van der Waals surface area contributed by atoms with Crippen LogP contribution in [0.1, 0.15) is 19.4 Å². The Morgan fingerprint density at radius 3 is 2.33 bits per heavy atom. The van der Waals surface area contributed by atoms with Crippen LogP contribution >= 0.6 is 11.6 Å². The summed E-state index contributed by atoms with van der Waals surface area (Å²) < 4.78 is 27.6. The number of hydrogen-bond donors (Lipinski definition) is 1. The average Bonchev–Trinajstić information content (AvgIpc) is 2.17. The molecule has 6 heteroatoms. The normalized spacial score (nSPS) is 12.7. The number of rotatable bonds is 6. The molecule has 0 aromatic heterocycles. The lowest BCUT2D eigenvalue weighted by atomic mass is 9.98. The summed E-state index contributed by atoms with van der Waals surface area (Å²) in [6.45, 7) is 4.36. The maximum absolute atomic E-state index is 11.0. The molecular weight excluding hydrogens is 274 g/mol. The third-order valence-electron chi connectivity index (χ3n) is 2.27. The Morgan fingerprint density at radius 1 is 1.28 bits per heavy atom. The van der Waals surface area contributed by atoms with Gasteiger partial charge >= 0.3 is 0 Å². The second-order valence-electron chi connectivity index (χ2n) is 5.09. The van der Waals surface area contributed by atoms with Crippen LogP contribution in [0.15, 0.2) is 24.3 Å².